The van der Waals surface area contributed by atoms with Crippen molar-refractivity contribution in [1.29, 1.82) is 0 Å². The Labute approximate surface area is 147 Å². The Kier molecular flexibility index (Phi) is 7.38. The van der Waals surface area contributed by atoms with Gasteiger partial charge in [0.1, 0.15) is 12.1 Å². The van der Waals surface area contributed by atoms with Crippen molar-refractivity contribution in [3.8, 4) is 0 Å². The highest BCUT2D eigenvalue weighted by molar-refractivity contribution is 8.01. The number of thioether (sulfide) groups is 1. The van der Waals surface area contributed by atoms with Gasteiger partial charge in [0, 0.05) is 11.3 Å². The zero-order chi connectivity index (χ0) is 18.5. The number of ether oxygens (including phenoxy) is 1. The highest BCUT2D eigenvalue weighted by atomic mass is 32.2. The minimum absolute atomic E-state index is 0.200. The van der Waals surface area contributed by atoms with E-state index >= 15 is 0 Å². The van der Waals surface area contributed by atoms with E-state index in [2.05, 4.69) is 5.32 Å². The minimum Gasteiger partial charge on any atom is -0.480 e. The zero-order valence-corrected chi connectivity index (χ0v) is 15.8. The Balaban J connectivity index is 3.04. The number of hydrogen-bond donors (Lipinski definition) is 2. The lowest BCUT2D eigenvalue weighted by molar-refractivity contribution is -0.149. The maximum absolute atomic E-state index is 13.0. The number of aliphatic carboxylic acids is 1. The second-order valence-corrected chi connectivity index (χ2v) is 8.83. The van der Waals surface area contributed by atoms with E-state index in [-0.39, 0.29) is 17.8 Å². The molecule has 1 fully saturated rings. The van der Waals surface area contributed by atoms with Gasteiger partial charge in [-0.1, -0.05) is 13.8 Å². The van der Waals surface area contributed by atoms with Crippen LogP contribution < -0.4 is 5.32 Å². The van der Waals surface area contributed by atoms with Gasteiger partial charge in [0.05, 0.1) is 6.61 Å². The van der Waals surface area contributed by atoms with Crippen LogP contribution in [0.15, 0.2) is 0 Å². The molecule has 1 aliphatic heterocycles. The van der Waals surface area contributed by atoms with Crippen LogP contribution in [-0.2, 0) is 14.3 Å². The van der Waals surface area contributed by atoms with E-state index in [4.69, 9.17) is 4.74 Å². The molecule has 138 valence electrons. The first kappa shape index (κ1) is 20.6. The molecule has 2 atom stereocenters. The van der Waals surface area contributed by atoms with Gasteiger partial charge in [-0.15, -0.1) is 0 Å². The van der Waals surface area contributed by atoms with Crippen LogP contribution >= 0.6 is 11.8 Å². The summed E-state index contributed by atoms with van der Waals surface area (Å²) in [5.74, 6) is -1.38. The van der Waals surface area contributed by atoms with E-state index in [0.717, 1.165) is 0 Å². The molecule has 0 aromatic heterocycles. The third-order valence-corrected chi connectivity index (χ3v) is 5.15. The standard InChI is InChI=1S/C16H28N2O5S/c1-6-23-15(22)17-12(16(4,5)24-10(2)3)13(19)18-9-7-8-11(18)14(20)21/h10-12H,6-9H2,1-5H3,(H,17,22)(H,20,21)/t11?,12-/m1/s1. The number of carboxylic acids is 1. The lowest BCUT2D eigenvalue weighted by Crippen LogP contribution is -2.59. The average Bonchev–Trinajstić information content (AvgIpc) is 2.92. The first-order valence-electron chi connectivity index (χ1n) is 8.24. The predicted molar refractivity (Wildman–Crippen MR) is 93.1 cm³/mol. The number of likely N-dealkylation sites (tertiary alicyclic amines) is 1. The molecule has 1 saturated heterocycles. The fourth-order valence-electron chi connectivity index (χ4n) is 2.95. The topological polar surface area (TPSA) is 95.9 Å². The van der Waals surface area contributed by atoms with Gasteiger partial charge in [-0.05, 0) is 38.9 Å². The van der Waals surface area contributed by atoms with Crippen LogP contribution in [0.3, 0.4) is 0 Å². The Bertz CT molecular complexity index is 481. The summed E-state index contributed by atoms with van der Waals surface area (Å²) in [6.45, 7) is 10.0. The number of alkyl carbamates (subject to hydrolysis) is 1. The van der Waals surface area contributed by atoms with Crippen molar-refractivity contribution in [2.24, 2.45) is 0 Å². The predicted octanol–water partition coefficient (Wildman–Crippen LogP) is 2.10. The number of carboxylic acid groups (broad SMARTS) is 1. The summed E-state index contributed by atoms with van der Waals surface area (Å²) in [6.07, 6.45) is 0.414. The van der Waals surface area contributed by atoms with Gasteiger partial charge in [0.2, 0.25) is 5.91 Å². The fourth-order valence-corrected chi connectivity index (χ4v) is 4.46. The van der Waals surface area contributed by atoms with Crippen molar-refractivity contribution in [1.82, 2.24) is 10.2 Å². The highest BCUT2D eigenvalue weighted by Gasteiger charge is 2.44. The molecule has 0 bridgehead atoms. The van der Waals surface area contributed by atoms with Crippen LogP contribution in [0.5, 0.6) is 0 Å². The van der Waals surface area contributed by atoms with E-state index in [9.17, 15) is 19.5 Å². The normalized spacial score (nSPS) is 19.2. The third kappa shape index (κ3) is 5.29. The second kappa shape index (κ2) is 8.60. The highest BCUT2D eigenvalue weighted by Crippen LogP contribution is 2.34. The molecule has 0 aromatic carbocycles. The number of carbonyl (C=O) groups excluding carboxylic acids is 2. The second-order valence-electron chi connectivity index (χ2n) is 6.60. The number of amides is 2. The zero-order valence-electron chi connectivity index (χ0n) is 15.0. The average molecular weight is 360 g/mol. The maximum atomic E-state index is 13.0. The monoisotopic (exact) mass is 360 g/mol. The Morgan fingerprint density at radius 3 is 2.50 bits per heavy atom. The molecule has 1 heterocycles. The number of hydrogen-bond acceptors (Lipinski definition) is 5. The Hall–Kier alpha value is -1.44. The fraction of sp³-hybridized carbons (Fsp3) is 0.812. The maximum Gasteiger partial charge on any atom is 0.407 e. The SMILES string of the molecule is CCOC(=O)N[C@H](C(=O)N1CCCC1C(=O)O)C(C)(C)SC(C)C. The Morgan fingerprint density at radius 1 is 1.38 bits per heavy atom. The van der Waals surface area contributed by atoms with E-state index in [0.29, 0.717) is 19.4 Å². The van der Waals surface area contributed by atoms with E-state index in [1.807, 2.05) is 27.7 Å². The molecule has 8 heteroatoms. The molecule has 0 spiro atoms. The van der Waals surface area contributed by atoms with Crippen molar-refractivity contribution in [2.45, 2.75) is 69.5 Å². The summed E-state index contributed by atoms with van der Waals surface area (Å²) in [5.41, 5.74) is 0. The molecular weight excluding hydrogens is 332 g/mol. The van der Waals surface area contributed by atoms with E-state index < -0.39 is 28.9 Å². The molecule has 1 rings (SSSR count). The van der Waals surface area contributed by atoms with Gasteiger partial charge in [-0.25, -0.2) is 9.59 Å². The molecule has 1 aliphatic rings. The minimum atomic E-state index is -1.01. The third-order valence-electron chi connectivity index (χ3n) is 3.84. The van der Waals surface area contributed by atoms with Crippen LogP contribution in [-0.4, -0.2) is 63.2 Å². The van der Waals surface area contributed by atoms with Crippen LogP contribution in [0.2, 0.25) is 0 Å². The number of rotatable bonds is 7. The van der Waals surface area contributed by atoms with Gasteiger partial charge in [-0.3, -0.25) is 4.79 Å². The van der Waals surface area contributed by atoms with E-state index in [1.165, 1.54) is 4.90 Å². The first-order valence-corrected chi connectivity index (χ1v) is 9.12. The van der Waals surface area contributed by atoms with Gasteiger partial charge < -0.3 is 20.1 Å². The van der Waals surface area contributed by atoms with Crippen molar-refractivity contribution >= 4 is 29.7 Å². The van der Waals surface area contributed by atoms with Crippen LogP contribution in [0.25, 0.3) is 0 Å². The molecule has 0 aromatic rings. The molecule has 7 nitrogen and oxygen atoms in total. The lowest BCUT2D eigenvalue weighted by Gasteiger charge is -2.37. The molecule has 2 N–H and O–H groups in total. The molecule has 0 radical (unpaired) electrons. The van der Waals surface area contributed by atoms with Gasteiger partial charge >= 0.3 is 12.1 Å². The summed E-state index contributed by atoms with van der Waals surface area (Å²) < 4.78 is 4.31. The molecule has 2 amide bonds. The molecule has 1 unspecified atom stereocenters. The van der Waals surface area contributed by atoms with E-state index in [1.54, 1.807) is 18.7 Å². The summed E-state index contributed by atoms with van der Waals surface area (Å²) in [7, 11) is 0. The summed E-state index contributed by atoms with van der Waals surface area (Å²) in [6, 6.07) is -1.69. The van der Waals surface area contributed by atoms with Crippen LogP contribution in [0.1, 0.15) is 47.5 Å². The smallest absolute Gasteiger partial charge is 0.407 e. The molecule has 0 aliphatic carbocycles. The molecule has 0 saturated carbocycles. The van der Waals surface area contributed by atoms with Crippen molar-refractivity contribution in [2.75, 3.05) is 13.2 Å². The Morgan fingerprint density at radius 2 is 2.00 bits per heavy atom. The number of carbonyl (C=O) groups is 3. The summed E-state index contributed by atoms with van der Waals surface area (Å²) in [4.78, 5) is 37.6. The van der Waals surface area contributed by atoms with Gasteiger partial charge in [0.25, 0.3) is 0 Å². The van der Waals surface area contributed by atoms with Crippen LogP contribution in [0, 0.1) is 0 Å². The summed E-state index contributed by atoms with van der Waals surface area (Å²) in [5, 5.41) is 12.2. The molecular formula is C16H28N2O5S. The number of nitrogens with zero attached hydrogens (tertiary/aromatic N) is 1. The lowest BCUT2D eigenvalue weighted by atomic mass is 10.0. The first-order chi connectivity index (χ1) is 11.1. The van der Waals surface area contributed by atoms with Gasteiger partial charge in [-0.2, -0.15) is 11.8 Å². The summed E-state index contributed by atoms with van der Waals surface area (Å²) >= 11 is 1.56. The molecule has 24 heavy (non-hydrogen) atoms. The largest absolute Gasteiger partial charge is 0.480 e. The quantitative estimate of drug-likeness (QED) is 0.722. The van der Waals surface area contributed by atoms with Gasteiger partial charge in [0.15, 0.2) is 0 Å². The van der Waals surface area contributed by atoms with Crippen molar-refractivity contribution < 1.29 is 24.2 Å². The van der Waals surface area contributed by atoms with Crippen molar-refractivity contribution in [3.05, 3.63) is 0 Å². The van der Waals surface area contributed by atoms with Crippen LogP contribution in [0.4, 0.5) is 4.79 Å². The number of nitrogens with one attached hydrogen (secondary N) is 1. The van der Waals surface area contributed by atoms with Crippen molar-refractivity contribution in [3.63, 3.8) is 0 Å².